The van der Waals surface area contributed by atoms with Crippen molar-refractivity contribution in [2.24, 2.45) is 0 Å². The molecule has 2 heterocycles. The second kappa shape index (κ2) is 5.06. The van der Waals surface area contributed by atoms with Crippen LogP contribution in [0.3, 0.4) is 0 Å². The van der Waals surface area contributed by atoms with Crippen molar-refractivity contribution in [3.05, 3.63) is 23.8 Å². The third-order valence-electron chi connectivity index (χ3n) is 3.76. The first-order valence-corrected chi connectivity index (χ1v) is 7.72. The molecule has 1 aromatic carbocycles. The normalized spacial score (nSPS) is 26.2. The maximum Gasteiger partial charge on any atom is 0.246 e. The average molecular weight is 277 g/mol. The van der Waals surface area contributed by atoms with E-state index < -0.39 is 0 Å². The molecule has 102 valence electrons. The van der Waals surface area contributed by atoms with E-state index >= 15 is 0 Å². The fourth-order valence-electron chi connectivity index (χ4n) is 2.79. The smallest absolute Gasteiger partial charge is 0.246 e. The van der Waals surface area contributed by atoms with Crippen LogP contribution in [0.2, 0.25) is 0 Å². The van der Waals surface area contributed by atoms with E-state index in [9.17, 15) is 4.79 Å². The van der Waals surface area contributed by atoms with Crippen molar-refractivity contribution in [2.75, 3.05) is 36.1 Å². The molecule has 2 unspecified atom stereocenters. The lowest BCUT2D eigenvalue weighted by molar-refractivity contribution is -0.117. The molecule has 2 aliphatic rings. The summed E-state index contributed by atoms with van der Waals surface area (Å²) in [5.74, 6) is 1.21. The summed E-state index contributed by atoms with van der Waals surface area (Å²) in [5, 5.41) is 6.67. The Morgan fingerprint density at radius 3 is 3.05 bits per heavy atom. The Balaban J connectivity index is 1.86. The van der Waals surface area contributed by atoms with E-state index in [4.69, 9.17) is 0 Å². The first kappa shape index (κ1) is 12.8. The number of anilines is 2. The van der Waals surface area contributed by atoms with Gasteiger partial charge in [0.1, 0.15) is 6.04 Å². The van der Waals surface area contributed by atoms with Crippen molar-refractivity contribution in [3.63, 3.8) is 0 Å². The van der Waals surface area contributed by atoms with Gasteiger partial charge in [-0.15, -0.1) is 0 Å². The highest BCUT2D eigenvalue weighted by molar-refractivity contribution is 8.00. The van der Waals surface area contributed by atoms with Crippen LogP contribution in [-0.2, 0) is 4.79 Å². The van der Waals surface area contributed by atoms with Gasteiger partial charge in [0.05, 0.1) is 0 Å². The molecule has 2 N–H and O–H groups in total. The van der Waals surface area contributed by atoms with Gasteiger partial charge < -0.3 is 15.5 Å². The van der Waals surface area contributed by atoms with Gasteiger partial charge in [-0.05, 0) is 19.2 Å². The summed E-state index contributed by atoms with van der Waals surface area (Å²) in [6, 6.07) is 6.09. The van der Waals surface area contributed by atoms with Gasteiger partial charge >= 0.3 is 0 Å². The highest BCUT2D eigenvalue weighted by atomic mass is 32.2. The highest BCUT2D eigenvalue weighted by Gasteiger charge is 2.29. The fourth-order valence-corrected chi connectivity index (χ4v) is 3.80. The third kappa shape index (κ3) is 2.32. The Labute approximate surface area is 117 Å². The number of carbonyl (C=O) groups is 1. The van der Waals surface area contributed by atoms with E-state index in [-0.39, 0.29) is 11.9 Å². The van der Waals surface area contributed by atoms with Crippen LogP contribution >= 0.6 is 11.8 Å². The van der Waals surface area contributed by atoms with Crippen LogP contribution in [0.4, 0.5) is 11.4 Å². The van der Waals surface area contributed by atoms with Crippen molar-refractivity contribution in [3.8, 4) is 0 Å². The van der Waals surface area contributed by atoms with Crippen LogP contribution in [0.5, 0.6) is 0 Å². The van der Waals surface area contributed by atoms with E-state index in [1.807, 2.05) is 18.8 Å². The number of hydrogen-bond donors (Lipinski definition) is 2. The molecule has 2 atom stereocenters. The maximum absolute atomic E-state index is 11.8. The van der Waals surface area contributed by atoms with E-state index in [0.717, 1.165) is 24.3 Å². The van der Waals surface area contributed by atoms with Gasteiger partial charge in [0.2, 0.25) is 5.91 Å². The van der Waals surface area contributed by atoms with Crippen LogP contribution in [0, 0.1) is 0 Å². The van der Waals surface area contributed by atoms with E-state index in [0.29, 0.717) is 5.25 Å². The number of amides is 1. The third-order valence-corrected chi connectivity index (χ3v) is 4.90. The van der Waals surface area contributed by atoms with Crippen molar-refractivity contribution in [2.45, 2.75) is 18.2 Å². The Morgan fingerprint density at radius 2 is 2.32 bits per heavy atom. The number of nitrogens with one attached hydrogen (secondary N) is 2. The van der Waals surface area contributed by atoms with E-state index in [1.165, 1.54) is 11.4 Å². The van der Waals surface area contributed by atoms with Gasteiger partial charge in [-0.1, -0.05) is 13.0 Å². The summed E-state index contributed by atoms with van der Waals surface area (Å²) in [7, 11) is 1.82. The molecule has 19 heavy (non-hydrogen) atoms. The molecule has 1 fully saturated rings. The summed E-state index contributed by atoms with van der Waals surface area (Å²) in [5.41, 5.74) is 3.21. The Kier molecular flexibility index (Phi) is 3.41. The number of rotatable bonds is 2. The first-order chi connectivity index (χ1) is 9.19. The SMILES string of the molecule is CNC1C(=O)Nc2cc(N3CCSC(C)C3)ccc21. The Morgan fingerprint density at radius 1 is 1.47 bits per heavy atom. The minimum atomic E-state index is -0.208. The van der Waals surface area contributed by atoms with Crippen molar-refractivity contribution >= 4 is 29.0 Å². The summed E-state index contributed by atoms with van der Waals surface area (Å²) >= 11 is 2.02. The zero-order valence-electron chi connectivity index (χ0n) is 11.3. The van der Waals surface area contributed by atoms with E-state index in [1.54, 1.807) is 0 Å². The molecule has 1 amide bonds. The molecule has 0 spiro atoms. The molecule has 0 saturated carbocycles. The number of fused-ring (bicyclic) bond motifs is 1. The van der Waals surface area contributed by atoms with Gasteiger partial charge in [0.15, 0.2) is 0 Å². The molecule has 2 aliphatic heterocycles. The molecule has 0 aliphatic carbocycles. The predicted octanol–water partition coefficient (Wildman–Crippen LogP) is 1.84. The minimum absolute atomic E-state index is 0.0391. The van der Waals surface area contributed by atoms with Crippen LogP contribution in [-0.4, -0.2) is 37.0 Å². The van der Waals surface area contributed by atoms with Gasteiger partial charge in [0.25, 0.3) is 0 Å². The number of hydrogen-bond acceptors (Lipinski definition) is 4. The van der Waals surface area contributed by atoms with Crippen LogP contribution in [0.15, 0.2) is 18.2 Å². The largest absolute Gasteiger partial charge is 0.370 e. The number of nitrogens with zero attached hydrogens (tertiary/aromatic N) is 1. The minimum Gasteiger partial charge on any atom is -0.370 e. The summed E-state index contributed by atoms with van der Waals surface area (Å²) in [6.07, 6.45) is 0. The van der Waals surface area contributed by atoms with Crippen molar-refractivity contribution < 1.29 is 4.79 Å². The zero-order chi connectivity index (χ0) is 13.4. The van der Waals surface area contributed by atoms with Crippen LogP contribution in [0.25, 0.3) is 0 Å². The number of carbonyl (C=O) groups excluding carboxylic acids is 1. The van der Waals surface area contributed by atoms with Gasteiger partial charge in [0, 0.05) is 41.0 Å². The second-order valence-corrected chi connectivity index (χ2v) is 6.66. The van der Waals surface area contributed by atoms with Gasteiger partial charge in [-0.25, -0.2) is 0 Å². The van der Waals surface area contributed by atoms with E-state index in [2.05, 4.69) is 40.7 Å². The van der Waals surface area contributed by atoms with Crippen molar-refractivity contribution in [1.29, 1.82) is 0 Å². The maximum atomic E-state index is 11.8. The summed E-state index contributed by atoms with van der Waals surface area (Å²) in [6.45, 7) is 4.42. The molecular weight excluding hydrogens is 258 g/mol. The number of likely N-dealkylation sites (N-methyl/N-ethyl adjacent to an activating group) is 1. The molecule has 1 aromatic rings. The molecule has 1 saturated heterocycles. The molecule has 5 heteroatoms. The lowest BCUT2D eigenvalue weighted by Crippen LogP contribution is -2.36. The topological polar surface area (TPSA) is 44.4 Å². The average Bonchev–Trinajstić information content (AvgIpc) is 2.72. The fraction of sp³-hybridized carbons (Fsp3) is 0.500. The van der Waals surface area contributed by atoms with Crippen molar-refractivity contribution in [1.82, 2.24) is 5.32 Å². The molecule has 0 radical (unpaired) electrons. The van der Waals surface area contributed by atoms with Crippen LogP contribution < -0.4 is 15.5 Å². The highest BCUT2D eigenvalue weighted by Crippen LogP contribution is 2.34. The summed E-state index contributed by atoms with van der Waals surface area (Å²) in [4.78, 5) is 14.2. The quantitative estimate of drug-likeness (QED) is 0.866. The lowest BCUT2D eigenvalue weighted by atomic mass is 10.1. The van der Waals surface area contributed by atoms with Crippen LogP contribution in [0.1, 0.15) is 18.5 Å². The summed E-state index contributed by atoms with van der Waals surface area (Å²) < 4.78 is 0. The Hall–Kier alpha value is -1.20. The zero-order valence-corrected chi connectivity index (χ0v) is 12.1. The monoisotopic (exact) mass is 277 g/mol. The molecule has 3 rings (SSSR count). The number of thioether (sulfide) groups is 1. The molecule has 4 nitrogen and oxygen atoms in total. The standard InChI is InChI=1S/C14H19N3OS/c1-9-8-17(5-6-19-9)10-3-4-11-12(7-10)16-14(18)13(11)15-2/h3-4,7,9,13,15H,5-6,8H2,1-2H3,(H,16,18). The Bertz CT molecular complexity index is 505. The van der Waals surface area contributed by atoms with Gasteiger partial charge in [-0.2, -0.15) is 11.8 Å². The number of benzene rings is 1. The first-order valence-electron chi connectivity index (χ1n) is 6.67. The predicted molar refractivity (Wildman–Crippen MR) is 81.0 cm³/mol. The van der Waals surface area contributed by atoms with Gasteiger partial charge in [-0.3, -0.25) is 4.79 Å². The molecular formula is C14H19N3OS. The molecule has 0 bridgehead atoms. The second-order valence-electron chi connectivity index (χ2n) is 5.11. The lowest BCUT2D eigenvalue weighted by Gasteiger charge is -2.32. The molecule has 0 aromatic heterocycles.